The van der Waals surface area contributed by atoms with Gasteiger partial charge in [-0.3, -0.25) is 0 Å². The van der Waals surface area contributed by atoms with Crippen molar-refractivity contribution in [2.75, 3.05) is 0 Å². The van der Waals surface area contributed by atoms with Gasteiger partial charge in [0.15, 0.2) is 11.5 Å². The van der Waals surface area contributed by atoms with Gasteiger partial charge in [-0.05, 0) is 24.3 Å². The number of hydrogen-bond acceptors (Lipinski definition) is 3. The lowest BCUT2D eigenvalue weighted by Crippen LogP contribution is -1.96. The Morgan fingerprint density at radius 1 is 0.727 bits per heavy atom. The van der Waals surface area contributed by atoms with E-state index in [0.29, 0.717) is 0 Å². The maximum absolute atomic E-state index is 12.8. The second-order valence-corrected chi connectivity index (χ2v) is 4.90. The van der Waals surface area contributed by atoms with Gasteiger partial charge in [-0.2, -0.15) is 0 Å². The summed E-state index contributed by atoms with van der Waals surface area (Å²) in [4.78, 5) is 0. The Balaban J connectivity index is 2.15. The molecule has 0 unspecified atom stereocenters. The third kappa shape index (κ3) is 3.95. The highest BCUT2D eigenvalue weighted by Gasteiger charge is 2.30. The fraction of sp³-hybridized carbons (Fsp3) is 0.143. The fourth-order valence-electron chi connectivity index (χ4n) is 1.67. The van der Waals surface area contributed by atoms with Crippen LogP contribution in [0.3, 0.4) is 0 Å². The zero-order valence-corrected chi connectivity index (χ0v) is 11.9. The van der Waals surface area contributed by atoms with E-state index in [1.807, 2.05) is 0 Å². The zero-order chi connectivity index (χ0) is 16.1. The summed E-state index contributed by atoms with van der Waals surface area (Å²) in [5.74, 6) is -0.652. The van der Waals surface area contributed by atoms with E-state index < -0.39 is 32.2 Å². The lowest BCUT2D eigenvalue weighted by Gasteiger charge is -2.04. The summed E-state index contributed by atoms with van der Waals surface area (Å²) in [5.41, 5.74) is -0.923. The molecule has 0 aliphatic carbocycles. The molecule has 0 N–H and O–H groups in total. The van der Waals surface area contributed by atoms with E-state index in [2.05, 4.69) is 0 Å². The number of para-hydroxylation sites is 2. The number of benzene rings is 2. The Labute approximate surface area is 124 Å². The summed E-state index contributed by atoms with van der Waals surface area (Å²) in [6.45, 7) is 0. The van der Waals surface area contributed by atoms with E-state index in [4.69, 9.17) is 9.05 Å². The number of halogens is 4. The predicted molar refractivity (Wildman–Crippen MR) is 71.7 cm³/mol. The van der Waals surface area contributed by atoms with Crippen LogP contribution in [0.5, 0.6) is 11.5 Å². The maximum Gasteiger partial charge on any atom is 0.805 e. The van der Waals surface area contributed by atoms with Crippen molar-refractivity contribution in [1.82, 2.24) is 0 Å². The minimum Gasteiger partial charge on any atom is -0.222 e. The molecule has 0 aliphatic rings. The molecule has 22 heavy (non-hydrogen) atoms. The predicted octanol–water partition coefficient (Wildman–Crippen LogP) is 5.68. The van der Waals surface area contributed by atoms with E-state index in [-0.39, 0.29) is 11.5 Å². The van der Waals surface area contributed by atoms with Crippen LogP contribution in [0.25, 0.3) is 0 Å². The first-order chi connectivity index (χ1) is 10.5. The van der Waals surface area contributed by atoms with Crippen molar-refractivity contribution in [2.24, 2.45) is 0 Å². The first-order valence-corrected chi connectivity index (χ1v) is 7.16. The number of rotatable bonds is 6. The highest BCUT2D eigenvalue weighted by molar-refractivity contribution is 7.34. The molecule has 0 saturated heterocycles. The van der Waals surface area contributed by atoms with Crippen molar-refractivity contribution < 1.29 is 31.2 Å². The third-order valence-corrected chi connectivity index (χ3v) is 3.35. The zero-order valence-electron chi connectivity index (χ0n) is 11.0. The highest BCUT2D eigenvalue weighted by Crippen LogP contribution is 2.38. The summed E-state index contributed by atoms with van der Waals surface area (Å²) >= 11 is 0. The van der Waals surface area contributed by atoms with Crippen LogP contribution in [0, 0.1) is 0 Å². The fourth-order valence-corrected chi connectivity index (χ4v) is 2.36. The third-order valence-electron chi connectivity index (χ3n) is 2.65. The van der Waals surface area contributed by atoms with Crippen LogP contribution >= 0.6 is 8.25 Å². The molecule has 0 fully saturated rings. The normalized spacial score (nSPS) is 10.8. The SMILES string of the molecule is O=[P+](Oc1ccccc1C(F)F)Oc1ccccc1C(F)F. The van der Waals surface area contributed by atoms with Crippen LogP contribution < -0.4 is 9.05 Å². The summed E-state index contributed by atoms with van der Waals surface area (Å²) < 4.78 is 72.4. The Bertz CT molecular complexity index is 609. The number of alkyl halides is 4. The molecule has 0 bridgehead atoms. The topological polar surface area (TPSA) is 35.5 Å². The van der Waals surface area contributed by atoms with Gasteiger partial charge in [-0.25, -0.2) is 26.6 Å². The highest BCUT2D eigenvalue weighted by atomic mass is 31.1. The van der Waals surface area contributed by atoms with Gasteiger partial charge in [0.2, 0.25) is 0 Å². The Kier molecular flexibility index (Phi) is 5.33. The molecule has 0 heterocycles. The van der Waals surface area contributed by atoms with Gasteiger partial charge in [-0.1, -0.05) is 24.3 Å². The summed E-state index contributed by atoms with van der Waals surface area (Å²) in [6, 6.07) is 10.2. The second kappa shape index (κ2) is 7.22. The monoisotopic (exact) mass is 333 g/mol. The smallest absolute Gasteiger partial charge is 0.222 e. The molecule has 0 saturated carbocycles. The number of hydrogen-bond donors (Lipinski definition) is 0. The van der Waals surface area contributed by atoms with Gasteiger partial charge >= 0.3 is 8.25 Å². The molecule has 0 atom stereocenters. The van der Waals surface area contributed by atoms with Gasteiger partial charge in [-0.15, -0.1) is 0 Å². The summed E-state index contributed by atoms with van der Waals surface area (Å²) in [6.07, 6.45) is -5.65. The van der Waals surface area contributed by atoms with E-state index in [1.165, 1.54) is 36.4 Å². The van der Waals surface area contributed by atoms with Gasteiger partial charge in [0, 0.05) is 4.57 Å². The largest absolute Gasteiger partial charge is 0.805 e. The molecule has 0 spiro atoms. The Morgan fingerprint density at radius 2 is 1.09 bits per heavy atom. The lowest BCUT2D eigenvalue weighted by molar-refractivity contribution is 0.148. The lowest BCUT2D eigenvalue weighted by atomic mass is 10.2. The molecule has 2 aromatic carbocycles. The standard InChI is InChI=1S/C14H10F4O3P/c15-13(16)9-5-1-3-7-11(9)20-22(19)21-12-8-4-2-6-10(12)14(17)18/h1-8,13-14H/q+1. The summed E-state index contributed by atoms with van der Waals surface area (Å²) in [5, 5.41) is 0. The van der Waals surface area contributed by atoms with E-state index in [9.17, 15) is 22.1 Å². The van der Waals surface area contributed by atoms with E-state index in [1.54, 1.807) is 0 Å². The van der Waals surface area contributed by atoms with Crippen LogP contribution in [0.2, 0.25) is 0 Å². The molecular weight excluding hydrogens is 323 g/mol. The minimum atomic E-state index is -2.93. The maximum atomic E-state index is 12.8. The molecule has 2 aromatic rings. The van der Waals surface area contributed by atoms with Crippen LogP contribution in [0.4, 0.5) is 17.6 Å². The molecule has 116 valence electrons. The quantitative estimate of drug-likeness (QED) is 0.504. The molecule has 8 heteroatoms. The molecule has 0 radical (unpaired) electrons. The van der Waals surface area contributed by atoms with Gasteiger partial charge in [0.05, 0.1) is 11.1 Å². The molecule has 2 rings (SSSR count). The molecular formula is C14H10F4O3P+. The Hall–Kier alpha value is -2.14. The summed E-state index contributed by atoms with van der Waals surface area (Å²) in [7, 11) is -2.93. The van der Waals surface area contributed by atoms with Crippen molar-refractivity contribution in [3.8, 4) is 11.5 Å². The molecule has 0 amide bonds. The van der Waals surface area contributed by atoms with Crippen LogP contribution in [-0.2, 0) is 4.57 Å². The van der Waals surface area contributed by atoms with Crippen molar-refractivity contribution in [3.63, 3.8) is 0 Å². The average Bonchev–Trinajstić information content (AvgIpc) is 2.47. The van der Waals surface area contributed by atoms with Crippen molar-refractivity contribution >= 4 is 8.25 Å². The molecule has 3 nitrogen and oxygen atoms in total. The van der Waals surface area contributed by atoms with E-state index in [0.717, 1.165) is 12.1 Å². The van der Waals surface area contributed by atoms with Gasteiger partial charge in [0.25, 0.3) is 12.9 Å². The molecule has 0 aromatic heterocycles. The first kappa shape index (κ1) is 16.2. The van der Waals surface area contributed by atoms with Crippen LogP contribution in [0.15, 0.2) is 48.5 Å². The Morgan fingerprint density at radius 3 is 1.45 bits per heavy atom. The van der Waals surface area contributed by atoms with Crippen LogP contribution in [-0.4, -0.2) is 0 Å². The van der Waals surface area contributed by atoms with Gasteiger partial charge in [0.1, 0.15) is 0 Å². The average molecular weight is 333 g/mol. The van der Waals surface area contributed by atoms with Crippen LogP contribution in [0.1, 0.15) is 24.0 Å². The van der Waals surface area contributed by atoms with Crippen molar-refractivity contribution in [2.45, 2.75) is 12.9 Å². The minimum absolute atomic E-state index is 0.326. The van der Waals surface area contributed by atoms with E-state index >= 15 is 0 Å². The van der Waals surface area contributed by atoms with Gasteiger partial charge < -0.3 is 0 Å². The van der Waals surface area contributed by atoms with Crippen molar-refractivity contribution in [3.05, 3.63) is 59.7 Å². The van der Waals surface area contributed by atoms with Crippen molar-refractivity contribution in [1.29, 1.82) is 0 Å². The second-order valence-electron chi connectivity index (χ2n) is 4.08. The molecule has 0 aliphatic heterocycles. The first-order valence-electron chi connectivity index (χ1n) is 6.06.